The lowest BCUT2D eigenvalue weighted by Gasteiger charge is -2.21. The van der Waals surface area contributed by atoms with E-state index in [1.165, 1.54) is 23.8 Å². The molecule has 6 heteroatoms. The van der Waals surface area contributed by atoms with Crippen LogP contribution < -0.4 is 0 Å². The van der Waals surface area contributed by atoms with Gasteiger partial charge in [0.25, 0.3) is 10.1 Å². The third-order valence-corrected chi connectivity index (χ3v) is 5.48. The number of thiophene rings is 1. The lowest BCUT2D eigenvalue weighted by Crippen LogP contribution is -2.21. The van der Waals surface area contributed by atoms with Gasteiger partial charge in [0, 0.05) is 0 Å². The topological polar surface area (TPSA) is 43.4 Å². The van der Waals surface area contributed by atoms with Crippen molar-refractivity contribution in [1.82, 2.24) is 0 Å². The van der Waals surface area contributed by atoms with Crippen LogP contribution in [-0.2, 0) is 14.3 Å². The average Bonchev–Trinajstić information content (AvgIpc) is 2.66. The van der Waals surface area contributed by atoms with E-state index in [-0.39, 0.29) is 15.3 Å². The molecule has 1 fully saturated rings. The Hall–Kier alpha value is -0.100. The van der Waals surface area contributed by atoms with Gasteiger partial charge in [0.15, 0.2) is 0 Å². The molecule has 0 N–H and O–H groups in total. The predicted molar refractivity (Wildman–Crippen MR) is 64.5 cm³/mol. The van der Waals surface area contributed by atoms with Crippen LogP contribution >= 0.6 is 22.9 Å². The highest BCUT2D eigenvalue weighted by molar-refractivity contribution is 7.87. The molecule has 0 unspecified atom stereocenters. The van der Waals surface area contributed by atoms with Gasteiger partial charge in [-0.3, -0.25) is 4.18 Å². The molecule has 1 heterocycles. The largest absolute Gasteiger partial charge is 0.299 e. The highest BCUT2D eigenvalue weighted by atomic mass is 35.5. The first-order valence-corrected chi connectivity index (χ1v) is 7.92. The Labute approximate surface area is 105 Å². The molecule has 0 atom stereocenters. The second-order valence-corrected chi connectivity index (χ2v) is 6.93. The van der Waals surface area contributed by atoms with Crippen LogP contribution in [0.4, 0.5) is 0 Å². The van der Waals surface area contributed by atoms with Gasteiger partial charge in [0.05, 0.1) is 6.10 Å². The normalized spacial score (nSPS) is 18.8. The van der Waals surface area contributed by atoms with Gasteiger partial charge in [-0.25, -0.2) is 0 Å². The standard InChI is InChI=1S/C10H13ClO3S2/c11-10-9(6-7-15-10)16(12,13)14-8-4-2-1-3-5-8/h6-8H,1-5H2. The zero-order valence-electron chi connectivity index (χ0n) is 8.69. The molecule has 0 spiro atoms. The van der Waals surface area contributed by atoms with Crippen molar-refractivity contribution in [3.05, 3.63) is 15.8 Å². The summed E-state index contributed by atoms with van der Waals surface area (Å²) in [5.41, 5.74) is 0. The first-order chi connectivity index (χ1) is 7.59. The van der Waals surface area contributed by atoms with E-state index in [0.29, 0.717) is 0 Å². The van der Waals surface area contributed by atoms with E-state index in [1.54, 1.807) is 5.38 Å². The second-order valence-electron chi connectivity index (χ2n) is 3.87. The van der Waals surface area contributed by atoms with Gasteiger partial charge in [-0.05, 0) is 24.3 Å². The molecule has 0 radical (unpaired) electrons. The Kier molecular flexibility index (Phi) is 3.89. The minimum absolute atomic E-state index is 0.102. The van der Waals surface area contributed by atoms with Gasteiger partial charge in [0.2, 0.25) is 0 Å². The molecule has 1 aromatic heterocycles. The van der Waals surface area contributed by atoms with Gasteiger partial charge < -0.3 is 0 Å². The molecule has 1 saturated carbocycles. The monoisotopic (exact) mass is 280 g/mol. The van der Waals surface area contributed by atoms with Crippen LogP contribution in [0.3, 0.4) is 0 Å². The van der Waals surface area contributed by atoms with Crippen molar-refractivity contribution < 1.29 is 12.6 Å². The maximum atomic E-state index is 11.9. The molecule has 2 rings (SSSR count). The van der Waals surface area contributed by atoms with Gasteiger partial charge in [-0.1, -0.05) is 30.9 Å². The van der Waals surface area contributed by atoms with E-state index in [4.69, 9.17) is 15.8 Å². The highest BCUT2D eigenvalue weighted by Gasteiger charge is 2.25. The summed E-state index contributed by atoms with van der Waals surface area (Å²) in [7, 11) is -3.67. The summed E-state index contributed by atoms with van der Waals surface area (Å²) in [6, 6.07) is 1.49. The van der Waals surface area contributed by atoms with Crippen LogP contribution in [0.5, 0.6) is 0 Å². The molecule has 16 heavy (non-hydrogen) atoms. The van der Waals surface area contributed by atoms with Gasteiger partial charge in [-0.15, -0.1) is 11.3 Å². The van der Waals surface area contributed by atoms with Crippen molar-refractivity contribution in [3.8, 4) is 0 Å². The quantitative estimate of drug-likeness (QED) is 0.797. The van der Waals surface area contributed by atoms with Gasteiger partial charge >= 0.3 is 0 Å². The lowest BCUT2D eigenvalue weighted by molar-refractivity contribution is 0.162. The molecular weight excluding hydrogens is 268 g/mol. The van der Waals surface area contributed by atoms with E-state index >= 15 is 0 Å². The van der Waals surface area contributed by atoms with Crippen molar-refractivity contribution in [2.75, 3.05) is 0 Å². The molecule has 1 aromatic rings. The minimum Gasteiger partial charge on any atom is -0.263 e. The van der Waals surface area contributed by atoms with Crippen LogP contribution in [0, 0.1) is 0 Å². The van der Waals surface area contributed by atoms with Crippen LogP contribution in [-0.4, -0.2) is 14.5 Å². The van der Waals surface area contributed by atoms with Crippen LogP contribution in [0.2, 0.25) is 4.34 Å². The third-order valence-electron chi connectivity index (χ3n) is 2.67. The molecule has 1 aliphatic rings. The zero-order chi connectivity index (χ0) is 11.6. The molecule has 0 aliphatic heterocycles. The number of halogens is 1. The van der Waals surface area contributed by atoms with E-state index in [1.807, 2.05) is 0 Å². The Bertz CT molecular complexity index is 446. The average molecular weight is 281 g/mol. The van der Waals surface area contributed by atoms with Crippen molar-refractivity contribution in [2.24, 2.45) is 0 Å². The summed E-state index contributed by atoms with van der Waals surface area (Å²) >= 11 is 7.00. The molecule has 0 bridgehead atoms. The van der Waals surface area contributed by atoms with E-state index in [9.17, 15) is 8.42 Å². The molecule has 0 aromatic carbocycles. The molecule has 3 nitrogen and oxygen atoms in total. The summed E-state index contributed by atoms with van der Waals surface area (Å²) in [5, 5.41) is 1.65. The maximum Gasteiger partial charge on any atom is 0.299 e. The molecular formula is C10H13ClO3S2. The lowest BCUT2D eigenvalue weighted by atomic mass is 9.98. The first-order valence-electron chi connectivity index (χ1n) is 5.26. The van der Waals surface area contributed by atoms with Crippen LogP contribution in [0.15, 0.2) is 16.3 Å². The molecule has 0 saturated heterocycles. The SMILES string of the molecule is O=S(=O)(OC1CCCCC1)c1ccsc1Cl. The predicted octanol–water partition coefficient (Wildman–Crippen LogP) is 3.44. The highest BCUT2D eigenvalue weighted by Crippen LogP contribution is 2.31. The summed E-state index contributed by atoms with van der Waals surface area (Å²) in [4.78, 5) is 0.102. The molecule has 0 amide bonds. The number of hydrogen-bond acceptors (Lipinski definition) is 4. The summed E-state index contributed by atoms with van der Waals surface area (Å²) < 4.78 is 29.2. The fourth-order valence-corrected chi connectivity index (χ4v) is 4.48. The van der Waals surface area contributed by atoms with Crippen LogP contribution in [0.1, 0.15) is 32.1 Å². The van der Waals surface area contributed by atoms with Gasteiger partial charge in [-0.2, -0.15) is 8.42 Å². The van der Waals surface area contributed by atoms with E-state index < -0.39 is 10.1 Å². The Morgan fingerprint density at radius 2 is 2.00 bits per heavy atom. The first kappa shape index (κ1) is 12.4. The summed E-state index contributed by atoms with van der Waals surface area (Å²) in [5.74, 6) is 0. The van der Waals surface area contributed by atoms with Crippen molar-refractivity contribution in [3.63, 3.8) is 0 Å². The van der Waals surface area contributed by atoms with E-state index in [2.05, 4.69) is 0 Å². The van der Waals surface area contributed by atoms with Crippen molar-refractivity contribution in [1.29, 1.82) is 0 Å². The fourth-order valence-electron chi connectivity index (χ4n) is 1.85. The fraction of sp³-hybridized carbons (Fsp3) is 0.600. The van der Waals surface area contributed by atoms with Gasteiger partial charge in [0.1, 0.15) is 9.23 Å². The summed E-state index contributed by atoms with van der Waals surface area (Å²) in [6.45, 7) is 0. The molecule has 1 aliphatic carbocycles. The Balaban J connectivity index is 2.11. The van der Waals surface area contributed by atoms with Crippen LogP contribution in [0.25, 0.3) is 0 Å². The maximum absolute atomic E-state index is 11.9. The van der Waals surface area contributed by atoms with Crippen molar-refractivity contribution in [2.45, 2.75) is 43.1 Å². The van der Waals surface area contributed by atoms with E-state index in [0.717, 1.165) is 25.7 Å². The van der Waals surface area contributed by atoms with Crippen molar-refractivity contribution >= 4 is 33.1 Å². The second kappa shape index (κ2) is 5.04. The Morgan fingerprint density at radius 3 is 2.56 bits per heavy atom. The molecule has 90 valence electrons. The zero-order valence-corrected chi connectivity index (χ0v) is 11.1. The number of hydrogen-bond donors (Lipinski definition) is 0. The summed E-state index contributed by atoms with van der Waals surface area (Å²) in [6.07, 6.45) is 4.71. The number of rotatable bonds is 3. The Morgan fingerprint density at radius 1 is 1.31 bits per heavy atom. The smallest absolute Gasteiger partial charge is 0.263 e. The third kappa shape index (κ3) is 2.77. The minimum atomic E-state index is -3.67.